The molecule has 0 spiro atoms. The third-order valence-corrected chi connectivity index (χ3v) is 5.81. The first-order chi connectivity index (χ1) is 19.1. The van der Waals surface area contributed by atoms with E-state index in [0.29, 0.717) is 11.1 Å². The molecule has 0 amide bonds. The smallest absolute Gasteiger partial charge is 0.138 e. The third-order valence-electron chi connectivity index (χ3n) is 5.48. The summed E-state index contributed by atoms with van der Waals surface area (Å²) in [6.45, 7) is 0. The Bertz CT molecular complexity index is 1820. The van der Waals surface area contributed by atoms with Crippen LogP contribution in [0, 0.1) is 35.8 Å². The van der Waals surface area contributed by atoms with E-state index < -0.39 is 0 Å². The molecule has 2 heterocycles. The molecule has 0 unspecified atom stereocenters. The van der Waals surface area contributed by atoms with Crippen LogP contribution in [-0.4, -0.2) is 9.97 Å². The van der Waals surface area contributed by atoms with E-state index in [2.05, 4.69) is 27.7 Å². The summed E-state index contributed by atoms with van der Waals surface area (Å²) in [5, 5.41) is 2.75. The van der Waals surface area contributed by atoms with Crippen LogP contribution >= 0.6 is 11.6 Å². The van der Waals surface area contributed by atoms with Crippen molar-refractivity contribution in [3.63, 3.8) is 0 Å². The van der Waals surface area contributed by atoms with Gasteiger partial charge >= 0.3 is 0 Å². The number of pyridine rings is 2. The van der Waals surface area contributed by atoms with Gasteiger partial charge in [-0.1, -0.05) is 90.0 Å². The van der Waals surface area contributed by atoms with E-state index in [9.17, 15) is 8.78 Å². The summed E-state index contributed by atoms with van der Waals surface area (Å²) < 4.78 is 25.9. The van der Waals surface area contributed by atoms with E-state index in [-0.39, 0.29) is 11.6 Å². The largest absolute Gasteiger partial charge is 0.256 e. The summed E-state index contributed by atoms with van der Waals surface area (Å²) >= 11 is 5.92. The Morgan fingerprint density at radius 1 is 0.538 bits per heavy atom. The summed E-state index contributed by atoms with van der Waals surface area (Å²) in [7, 11) is 0. The van der Waals surface area contributed by atoms with Gasteiger partial charge in [0.2, 0.25) is 0 Å². The molecule has 0 aliphatic carbocycles. The highest BCUT2D eigenvalue weighted by Crippen LogP contribution is 2.20. The van der Waals surface area contributed by atoms with E-state index >= 15 is 0 Å². The van der Waals surface area contributed by atoms with Gasteiger partial charge in [0, 0.05) is 28.7 Å². The average molecular weight is 531 g/mol. The molecule has 0 bridgehead atoms. The number of terminal acetylenes is 1. The molecule has 188 valence electrons. The van der Waals surface area contributed by atoms with Gasteiger partial charge in [0.25, 0.3) is 0 Å². The summed E-state index contributed by atoms with van der Waals surface area (Å²) in [5.74, 6) is 7.47. The van der Waals surface area contributed by atoms with Crippen LogP contribution < -0.4 is 0 Å². The lowest BCUT2D eigenvalue weighted by molar-refractivity contribution is 0.624. The van der Waals surface area contributed by atoms with Crippen molar-refractivity contribution in [1.82, 2.24) is 9.97 Å². The zero-order valence-electron chi connectivity index (χ0n) is 20.7. The van der Waals surface area contributed by atoms with Gasteiger partial charge in [-0.3, -0.25) is 9.97 Å². The maximum absolute atomic E-state index is 13.5. The molecule has 2 nitrogen and oxygen atoms in total. The SMILES string of the molecule is C#Cc1ccccc1F.Clc1ccnc2ccccc12.Fc1ccccc1C#Cc1ccnc2ccccc12. The first kappa shape index (κ1) is 27.0. The van der Waals surface area contributed by atoms with E-state index in [1.165, 1.54) is 12.1 Å². The highest BCUT2D eigenvalue weighted by atomic mass is 35.5. The molecule has 4 aromatic carbocycles. The Labute approximate surface area is 231 Å². The molecule has 5 heteroatoms. The van der Waals surface area contributed by atoms with Crippen molar-refractivity contribution in [2.45, 2.75) is 0 Å². The first-order valence-corrected chi connectivity index (χ1v) is 12.3. The number of hydrogen-bond acceptors (Lipinski definition) is 2. The molecule has 6 rings (SSSR count). The lowest BCUT2D eigenvalue weighted by Crippen LogP contribution is -1.84. The van der Waals surface area contributed by atoms with Crippen LogP contribution in [0.4, 0.5) is 8.78 Å². The number of aromatic nitrogens is 2. The number of nitrogens with zero attached hydrogens (tertiary/aromatic N) is 2. The highest BCUT2D eigenvalue weighted by Gasteiger charge is 1.99. The minimum Gasteiger partial charge on any atom is -0.256 e. The Morgan fingerprint density at radius 3 is 1.62 bits per heavy atom. The standard InChI is InChI=1S/C17H10FN.C9H6ClN.C8H5F/c18-16-7-3-1-5-14(16)10-9-13-11-12-19-17-8-4-2-6-15(13)17;10-8-5-6-11-9-4-2-1-3-7(8)9;1-2-7-5-3-4-6-8(7)9/h1-8,11-12H;1-6H;1,3-6H. The van der Waals surface area contributed by atoms with E-state index in [4.69, 9.17) is 18.0 Å². The Hall–Kier alpha value is -5.03. The molecular weight excluding hydrogens is 510 g/mol. The molecule has 0 fully saturated rings. The minimum absolute atomic E-state index is 0.298. The molecule has 0 saturated heterocycles. The zero-order chi connectivity index (χ0) is 27.5. The topological polar surface area (TPSA) is 25.8 Å². The number of hydrogen-bond donors (Lipinski definition) is 0. The third kappa shape index (κ3) is 7.27. The predicted octanol–water partition coefficient (Wildman–Crippen LogP) is 8.47. The minimum atomic E-state index is -0.333. The fourth-order valence-electron chi connectivity index (χ4n) is 3.54. The monoisotopic (exact) mass is 530 g/mol. The van der Waals surface area contributed by atoms with Gasteiger partial charge in [-0.05, 0) is 48.5 Å². The normalized spacial score (nSPS) is 9.69. The molecule has 0 N–H and O–H groups in total. The summed E-state index contributed by atoms with van der Waals surface area (Å²) in [6.07, 6.45) is 8.39. The Morgan fingerprint density at radius 2 is 1.03 bits per heavy atom. The van der Waals surface area contributed by atoms with E-state index in [1.54, 1.807) is 54.9 Å². The van der Waals surface area contributed by atoms with Crippen molar-refractivity contribution >= 4 is 33.4 Å². The van der Waals surface area contributed by atoms with Crippen molar-refractivity contribution in [2.75, 3.05) is 0 Å². The lowest BCUT2D eigenvalue weighted by Gasteiger charge is -1.98. The molecule has 0 aliphatic rings. The molecule has 39 heavy (non-hydrogen) atoms. The van der Waals surface area contributed by atoms with Crippen LogP contribution in [0.2, 0.25) is 5.02 Å². The molecule has 6 aromatic rings. The van der Waals surface area contributed by atoms with Gasteiger partial charge in [-0.25, -0.2) is 8.78 Å². The molecule has 2 aromatic heterocycles. The summed E-state index contributed by atoms with van der Waals surface area (Å²) in [4.78, 5) is 8.43. The maximum Gasteiger partial charge on any atom is 0.138 e. The van der Waals surface area contributed by atoms with Gasteiger partial charge in [0.15, 0.2) is 0 Å². The second kappa shape index (κ2) is 13.5. The van der Waals surface area contributed by atoms with Crippen molar-refractivity contribution in [3.8, 4) is 24.2 Å². The number of benzene rings is 4. The number of halogens is 3. The van der Waals surface area contributed by atoms with Crippen LogP contribution in [0.25, 0.3) is 21.8 Å². The molecule has 0 aliphatic heterocycles. The maximum atomic E-state index is 13.5. The van der Waals surface area contributed by atoms with Crippen molar-refractivity contribution < 1.29 is 8.78 Å². The van der Waals surface area contributed by atoms with Gasteiger partial charge in [0.05, 0.1) is 27.2 Å². The van der Waals surface area contributed by atoms with Crippen molar-refractivity contribution in [2.24, 2.45) is 0 Å². The fourth-order valence-corrected chi connectivity index (χ4v) is 3.76. The number of fused-ring (bicyclic) bond motifs is 2. The first-order valence-electron chi connectivity index (χ1n) is 11.9. The Kier molecular flexibility index (Phi) is 9.35. The van der Waals surface area contributed by atoms with E-state index in [1.807, 2.05) is 54.6 Å². The predicted molar refractivity (Wildman–Crippen MR) is 155 cm³/mol. The summed E-state index contributed by atoms with van der Waals surface area (Å²) in [6, 6.07) is 32.0. The van der Waals surface area contributed by atoms with Gasteiger partial charge in [-0.15, -0.1) is 6.42 Å². The highest BCUT2D eigenvalue weighted by molar-refractivity contribution is 6.35. The van der Waals surface area contributed by atoms with Crippen LogP contribution in [0.3, 0.4) is 0 Å². The van der Waals surface area contributed by atoms with Crippen LogP contribution in [0.15, 0.2) is 122 Å². The van der Waals surface area contributed by atoms with E-state index in [0.717, 1.165) is 32.4 Å². The quantitative estimate of drug-likeness (QED) is 0.184. The molecule has 0 atom stereocenters. The second-order valence-corrected chi connectivity index (χ2v) is 8.45. The molecule has 0 radical (unpaired) electrons. The number of para-hydroxylation sites is 2. The van der Waals surface area contributed by atoms with Gasteiger partial charge in [0.1, 0.15) is 11.6 Å². The summed E-state index contributed by atoms with van der Waals surface area (Å²) in [5.41, 5.74) is 3.41. The lowest BCUT2D eigenvalue weighted by atomic mass is 10.1. The van der Waals surface area contributed by atoms with Crippen LogP contribution in [-0.2, 0) is 0 Å². The molecular formula is C34H21ClF2N2. The number of rotatable bonds is 0. The average Bonchev–Trinajstić information content (AvgIpc) is 2.98. The van der Waals surface area contributed by atoms with Crippen molar-refractivity contribution in [3.05, 3.63) is 155 Å². The Balaban J connectivity index is 0.000000149. The second-order valence-electron chi connectivity index (χ2n) is 8.04. The van der Waals surface area contributed by atoms with Gasteiger partial charge < -0.3 is 0 Å². The van der Waals surface area contributed by atoms with Crippen LogP contribution in [0.5, 0.6) is 0 Å². The van der Waals surface area contributed by atoms with Crippen molar-refractivity contribution in [1.29, 1.82) is 0 Å². The fraction of sp³-hybridized carbons (Fsp3) is 0. The van der Waals surface area contributed by atoms with Gasteiger partial charge in [-0.2, -0.15) is 0 Å². The zero-order valence-corrected chi connectivity index (χ0v) is 21.4. The molecule has 0 saturated carbocycles. The van der Waals surface area contributed by atoms with Crippen LogP contribution in [0.1, 0.15) is 16.7 Å².